The lowest BCUT2D eigenvalue weighted by Crippen LogP contribution is -2.25. The van der Waals surface area contributed by atoms with Crippen LogP contribution in [0.4, 0.5) is 11.4 Å². The van der Waals surface area contributed by atoms with Crippen LogP contribution in [0, 0.1) is 0 Å². The van der Waals surface area contributed by atoms with E-state index in [1.165, 1.54) is 6.21 Å². The Morgan fingerprint density at radius 1 is 1.03 bits per heavy atom. The maximum Gasteiger partial charge on any atom is 0.250 e. The highest BCUT2D eigenvalue weighted by molar-refractivity contribution is 7.67. The van der Waals surface area contributed by atoms with E-state index in [1.54, 1.807) is 12.1 Å². The monoisotopic (exact) mass is 450 g/mol. The highest BCUT2D eigenvalue weighted by atomic mass is 35.5. The average molecular weight is 451 g/mol. The third kappa shape index (κ3) is 6.87. The van der Waals surface area contributed by atoms with Crippen molar-refractivity contribution in [3.05, 3.63) is 54.1 Å². The summed E-state index contributed by atoms with van der Waals surface area (Å²) in [6.07, 6.45) is 1.22. The second kappa shape index (κ2) is 11.2. The number of rotatable bonds is 10. The number of nitrogens with zero attached hydrogens (tertiary/aromatic N) is 3. The van der Waals surface area contributed by atoms with E-state index in [-0.39, 0.29) is 18.6 Å². The molecule has 0 fully saturated rings. The predicted octanol–water partition coefficient (Wildman–Crippen LogP) is 3.13. The molecule has 162 valence electrons. The molecule has 2 aromatic carbocycles. The minimum atomic E-state index is -3.42. The summed E-state index contributed by atoms with van der Waals surface area (Å²) in [5.41, 5.74) is 5.28. The lowest BCUT2D eigenvalue weighted by molar-refractivity contribution is -0.118. The molecule has 0 saturated carbocycles. The molecule has 0 aliphatic heterocycles. The first-order valence-corrected chi connectivity index (χ1v) is 11.8. The molecule has 9 heteroatoms. The largest absolute Gasteiger partial charge is 0.378 e. The molecule has 7 nitrogen and oxygen atoms in total. The number of carbonyl (C=O) groups excluding carboxylic acids is 1. The van der Waals surface area contributed by atoms with Crippen LogP contribution < -0.4 is 20.5 Å². The van der Waals surface area contributed by atoms with E-state index in [4.69, 9.17) is 16.1 Å². The zero-order chi connectivity index (χ0) is 22.1. The van der Waals surface area contributed by atoms with Gasteiger partial charge in [-0.05, 0) is 42.0 Å². The lowest BCUT2D eigenvalue weighted by Gasteiger charge is -2.19. The summed E-state index contributed by atoms with van der Waals surface area (Å²) in [6, 6.07) is 14.8. The fourth-order valence-electron chi connectivity index (χ4n) is 2.63. The number of benzene rings is 2. The summed E-state index contributed by atoms with van der Waals surface area (Å²) in [7, 11) is 4.33. The highest BCUT2D eigenvalue weighted by Crippen LogP contribution is 2.45. The van der Waals surface area contributed by atoms with Crippen LogP contribution in [0.5, 0.6) is 0 Å². The third-order valence-electron chi connectivity index (χ3n) is 4.30. The molecule has 0 aromatic heterocycles. The van der Waals surface area contributed by atoms with Gasteiger partial charge in [-0.1, -0.05) is 12.1 Å². The number of alkyl halides is 1. The van der Waals surface area contributed by atoms with Gasteiger partial charge in [-0.3, -0.25) is 9.36 Å². The number of hydrazone groups is 1. The smallest absolute Gasteiger partial charge is 0.250 e. The molecule has 0 aliphatic carbocycles. The van der Waals surface area contributed by atoms with Crippen molar-refractivity contribution in [1.82, 2.24) is 5.43 Å². The molecule has 2 aromatic rings. The second-order valence-corrected chi connectivity index (χ2v) is 9.86. The first kappa shape index (κ1) is 23.9. The zero-order valence-electron chi connectivity index (χ0n) is 17.7. The molecule has 1 N–H and O–H groups in total. The zero-order valence-corrected chi connectivity index (χ0v) is 19.4. The number of nitrogens with one attached hydrogen (secondary N) is 1. The molecule has 1 amide bonds. The second-order valence-electron chi connectivity index (χ2n) is 7.04. The molecule has 0 radical (unpaired) electrons. The van der Waals surface area contributed by atoms with Crippen molar-refractivity contribution in [1.29, 1.82) is 0 Å². The van der Waals surface area contributed by atoms with E-state index in [0.717, 1.165) is 16.9 Å². The third-order valence-corrected chi connectivity index (χ3v) is 6.84. The molecule has 0 unspecified atom stereocenters. The number of halogens is 1. The van der Waals surface area contributed by atoms with Crippen molar-refractivity contribution in [3.8, 4) is 0 Å². The van der Waals surface area contributed by atoms with Crippen LogP contribution in [-0.4, -0.2) is 59.0 Å². The minimum absolute atomic E-state index is 0.0863. The molecule has 0 spiro atoms. The van der Waals surface area contributed by atoms with Gasteiger partial charge in [0.1, 0.15) is 6.16 Å². The van der Waals surface area contributed by atoms with Gasteiger partial charge in [0, 0.05) is 50.8 Å². The van der Waals surface area contributed by atoms with Gasteiger partial charge in [0.15, 0.2) is 0 Å². The first-order valence-electron chi connectivity index (χ1n) is 9.42. The van der Waals surface area contributed by atoms with E-state index < -0.39 is 13.3 Å². The fraction of sp³-hybridized carbons (Fsp3) is 0.333. The standard InChI is InChI=1S/C21H28ClN4O3P/c1-25(2)18-7-5-17(6-8-18)15-23-24-21(27)16-30(28,29-14-13-22)20-11-9-19(10-12-20)26(3)4/h5-12,15H,13-14,16H2,1-4H3,(H,24,27)/b23-15-/t30-/m1/s1. The summed E-state index contributed by atoms with van der Waals surface area (Å²) in [4.78, 5) is 16.3. The minimum Gasteiger partial charge on any atom is -0.378 e. The van der Waals surface area contributed by atoms with Gasteiger partial charge >= 0.3 is 0 Å². The average Bonchev–Trinajstić information content (AvgIpc) is 2.72. The Hall–Kier alpha value is -2.34. The fourth-order valence-corrected chi connectivity index (χ4v) is 4.68. The van der Waals surface area contributed by atoms with Crippen molar-refractivity contribution < 1.29 is 13.9 Å². The Morgan fingerprint density at radius 2 is 1.57 bits per heavy atom. The Labute approximate surface area is 183 Å². The quantitative estimate of drug-likeness (QED) is 0.260. The van der Waals surface area contributed by atoms with Gasteiger partial charge in [-0.15, -0.1) is 11.6 Å². The number of carbonyl (C=O) groups is 1. The summed E-state index contributed by atoms with van der Waals surface area (Å²) in [5.74, 6) is -0.312. The van der Waals surface area contributed by atoms with E-state index in [2.05, 4.69) is 10.5 Å². The molecule has 0 heterocycles. The van der Waals surface area contributed by atoms with Crippen LogP contribution in [0.1, 0.15) is 5.56 Å². The molecule has 1 atom stereocenters. The molecule has 0 saturated heterocycles. The molecular weight excluding hydrogens is 423 g/mol. The number of hydrogen-bond acceptors (Lipinski definition) is 6. The van der Waals surface area contributed by atoms with Crippen molar-refractivity contribution in [2.24, 2.45) is 5.10 Å². The SMILES string of the molecule is CN(C)c1ccc(/C=N\NC(=O)C[P@@](=O)(OCCCl)c2ccc(N(C)C)cc2)cc1. The van der Waals surface area contributed by atoms with Gasteiger partial charge in [0.2, 0.25) is 13.3 Å². The molecule has 0 bridgehead atoms. The number of hydrogen-bond donors (Lipinski definition) is 1. The van der Waals surface area contributed by atoms with Gasteiger partial charge in [-0.25, -0.2) is 5.43 Å². The van der Waals surface area contributed by atoms with Crippen molar-refractivity contribution >= 4 is 47.8 Å². The van der Waals surface area contributed by atoms with Gasteiger partial charge < -0.3 is 14.3 Å². The van der Waals surface area contributed by atoms with Crippen LogP contribution in [0.15, 0.2) is 53.6 Å². The van der Waals surface area contributed by atoms with E-state index in [9.17, 15) is 9.36 Å². The van der Waals surface area contributed by atoms with Crippen molar-refractivity contribution in [3.63, 3.8) is 0 Å². The molecule has 2 rings (SSSR count). The number of amides is 1. The van der Waals surface area contributed by atoms with E-state index in [0.29, 0.717) is 5.30 Å². The summed E-state index contributed by atoms with van der Waals surface area (Å²) in [6.45, 7) is 0.0863. The normalized spacial score (nSPS) is 13.1. The van der Waals surface area contributed by atoms with E-state index in [1.807, 2.05) is 74.4 Å². The lowest BCUT2D eigenvalue weighted by atomic mass is 10.2. The van der Waals surface area contributed by atoms with Crippen molar-refractivity contribution in [2.75, 3.05) is 56.6 Å². The van der Waals surface area contributed by atoms with Crippen LogP contribution in [0.3, 0.4) is 0 Å². The Morgan fingerprint density at radius 3 is 2.07 bits per heavy atom. The maximum absolute atomic E-state index is 13.4. The van der Waals surface area contributed by atoms with Crippen LogP contribution in [-0.2, 0) is 13.9 Å². The van der Waals surface area contributed by atoms with Crippen molar-refractivity contribution in [2.45, 2.75) is 0 Å². The summed E-state index contributed by atoms with van der Waals surface area (Å²) in [5, 5.41) is 4.43. The highest BCUT2D eigenvalue weighted by Gasteiger charge is 2.29. The van der Waals surface area contributed by atoms with E-state index >= 15 is 0 Å². The molecule has 30 heavy (non-hydrogen) atoms. The Bertz CT molecular complexity index is 899. The van der Waals surface area contributed by atoms with Gasteiger partial charge in [0.25, 0.3) is 0 Å². The number of anilines is 2. The van der Waals surface area contributed by atoms with Crippen LogP contribution >= 0.6 is 19.0 Å². The Kier molecular flexibility index (Phi) is 8.90. The van der Waals surface area contributed by atoms with Gasteiger partial charge in [0.05, 0.1) is 12.8 Å². The molecule has 0 aliphatic rings. The summed E-state index contributed by atoms with van der Waals surface area (Å²) >= 11 is 5.70. The summed E-state index contributed by atoms with van der Waals surface area (Å²) < 4.78 is 18.9. The van der Waals surface area contributed by atoms with Crippen LogP contribution in [0.2, 0.25) is 0 Å². The van der Waals surface area contributed by atoms with Gasteiger partial charge in [-0.2, -0.15) is 5.10 Å². The predicted molar refractivity (Wildman–Crippen MR) is 126 cm³/mol. The topological polar surface area (TPSA) is 74.2 Å². The maximum atomic E-state index is 13.4. The van der Waals surface area contributed by atoms with Crippen LogP contribution in [0.25, 0.3) is 0 Å². The Balaban J connectivity index is 2.06. The molecular formula is C21H28ClN4O3P. The first-order chi connectivity index (χ1) is 14.2.